The molecule has 0 aliphatic carbocycles. The Morgan fingerprint density at radius 1 is 1.08 bits per heavy atom. The van der Waals surface area contributed by atoms with Crippen LogP contribution in [0, 0.1) is 0 Å². The minimum atomic E-state index is 0.0731. The smallest absolute Gasteiger partial charge is 0.0723 e. The van der Waals surface area contributed by atoms with Gasteiger partial charge in [0.2, 0.25) is 0 Å². The summed E-state index contributed by atoms with van der Waals surface area (Å²) in [7, 11) is 2.19. The van der Waals surface area contributed by atoms with Crippen LogP contribution in [0.25, 0.3) is 0 Å². The van der Waals surface area contributed by atoms with E-state index in [0.29, 0.717) is 6.04 Å². The van der Waals surface area contributed by atoms with E-state index < -0.39 is 0 Å². The molecule has 1 spiro atoms. The molecule has 5 heteroatoms. The highest BCUT2D eigenvalue weighted by molar-refractivity contribution is 5.06. The normalized spacial score (nSPS) is 22.9. The molecule has 2 aromatic rings. The molecule has 0 unspecified atom stereocenters. The van der Waals surface area contributed by atoms with Gasteiger partial charge in [-0.2, -0.15) is 0 Å². The number of likely N-dealkylation sites (tertiary alicyclic amines) is 1. The van der Waals surface area contributed by atoms with Crippen LogP contribution in [0.4, 0.5) is 0 Å². The van der Waals surface area contributed by atoms with Gasteiger partial charge in [-0.05, 0) is 50.6 Å². The van der Waals surface area contributed by atoms with E-state index >= 15 is 0 Å². The zero-order chi connectivity index (χ0) is 17.8. The highest BCUT2D eigenvalue weighted by Crippen LogP contribution is 2.37. The van der Waals surface area contributed by atoms with Gasteiger partial charge in [0, 0.05) is 44.6 Å². The molecule has 1 atom stereocenters. The van der Waals surface area contributed by atoms with E-state index in [0.717, 1.165) is 63.4 Å². The van der Waals surface area contributed by atoms with Crippen molar-refractivity contribution in [2.24, 2.45) is 0 Å². The number of nitrogens with zero attached hydrogens (tertiary/aromatic N) is 4. The van der Waals surface area contributed by atoms with Crippen molar-refractivity contribution in [2.45, 2.75) is 44.0 Å². The molecule has 0 amide bonds. The van der Waals surface area contributed by atoms with Crippen molar-refractivity contribution in [3.63, 3.8) is 0 Å². The number of aromatic nitrogens is 2. The Labute approximate surface area is 156 Å². The average molecular weight is 352 g/mol. The summed E-state index contributed by atoms with van der Waals surface area (Å²) in [6.45, 7) is 4.85. The molecule has 0 radical (unpaired) electrons. The molecule has 26 heavy (non-hydrogen) atoms. The van der Waals surface area contributed by atoms with Crippen LogP contribution in [-0.4, -0.2) is 58.2 Å². The number of hydrogen-bond acceptors (Lipinski definition) is 5. The van der Waals surface area contributed by atoms with Crippen molar-refractivity contribution in [1.29, 1.82) is 0 Å². The van der Waals surface area contributed by atoms with Crippen LogP contribution in [-0.2, 0) is 17.8 Å². The maximum atomic E-state index is 6.35. The third-order valence-corrected chi connectivity index (χ3v) is 5.83. The van der Waals surface area contributed by atoms with Gasteiger partial charge < -0.3 is 4.74 Å². The fourth-order valence-electron chi connectivity index (χ4n) is 4.17. The standard InChI is InChI=1S/C21H28N4O/c1-24(15-18-6-2-4-10-22-18)20-14-21(26-17-20)8-12-25(13-9-21)16-19-7-3-5-11-23-19/h2-7,10-11,20H,8-9,12-17H2,1H3/t20-/m1/s1. The highest BCUT2D eigenvalue weighted by atomic mass is 16.5. The van der Waals surface area contributed by atoms with Crippen molar-refractivity contribution >= 4 is 0 Å². The molecular formula is C21H28N4O. The lowest BCUT2D eigenvalue weighted by Crippen LogP contribution is -2.44. The van der Waals surface area contributed by atoms with Crippen LogP contribution in [0.3, 0.4) is 0 Å². The molecule has 0 aromatic carbocycles. The van der Waals surface area contributed by atoms with Crippen molar-refractivity contribution in [2.75, 3.05) is 26.7 Å². The molecule has 2 saturated heterocycles. The molecule has 2 aliphatic heterocycles. The first-order valence-corrected chi connectivity index (χ1v) is 9.59. The zero-order valence-electron chi connectivity index (χ0n) is 15.6. The predicted molar refractivity (Wildman–Crippen MR) is 102 cm³/mol. The lowest BCUT2D eigenvalue weighted by molar-refractivity contribution is -0.0454. The van der Waals surface area contributed by atoms with Crippen molar-refractivity contribution < 1.29 is 4.74 Å². The van der Waals surface area contributed by atoms with Crippen LogP contribution >= 0.6 is 0 Å². The van der Waals surface area contributed by atoms with Gasteiger partial charge in [-0.15, -0.1) is 0 Å². The molecule has 4 rings (SSSR count). The lowest BCUT2D eigenvalue weighted by Gasteiger charge is -2.38. The first-order chi connectivity index (χ1) is 12.7. The topological polar surface area (TPSA) is 41.5 Å². The summed E-state index contributed by atoms with van der Waals surface area (Å²) in [6.07, 6.45) is 7.12. The number of hydrogen-bond donors (Lipinski definition) is 0. The summed E-state index contributed by atoms with van der Waals surface area (Å²) in [5, 5.41) is 0. The molecule has 5 nitrogen and oxygen atoms in total. The Morgan fingerprint density at radius 2 is 1.77 bits per heavy atom. The summed E-state index contributed by atoms with van der Waals surface area (Å²) < 4.78 is 6.35. The Balaban J connectivity index is 1.28. The number of likely N-dealkylation sites (N-methyl/N-ethyl adjacent to an activating group) is 1. The summed E-state index contributed by atoms with van der Waals surface area (Å²) >= 11 is 0. The predicted octanol–water partition coefficient (Wildman–Crippen LogP) is 2.73. The van der Waals surface area contributed by atoms with Gasteiger partial charge in [-0.25, -0.2) is 0 Å². The second-order valence-electron chi connectivity index (χ2n) is 7.69. The third kappa shape index (κ3) is 4.11. The second kappa shape index (κ2) is 7.82. The Kier molecular flexibility index (Phi) is 5.29. The largest absolute Gasteiger partial charge is 0.373 e. The summed E-state index contributed by atoms with van der Waals surface area (Å²) in [5.41, 5.74) is 2.36. The molecular weight excluding hydrogens is 324 g/mol. The van der Waals surface area contributed by atoms with Crippen molar-refractivity contribution in [1.82, 2.24) is 19.8 Å². The van der Waals surface area contributed by atoms with E-state index in [9.17, 15) is 0 Å². The van der Waals surface area contributed by atoms with Gasteiger partial charge in [-0.3, -0.25) is 19.8 Å². The molecule has 0 saturated carbocycles. The zero-order valence-corrected chi connectivity index (χ0v) is 15.6. The van der Waals surface area contributed by atoms with Gasteiger partial charge in [0.05, 0.1) is 23.6 Å². The second-order valence-corrected chi connectivity index (χ2v) is 7.69. The number of piperidine rings is 1. The van der Waals surface area contributed by atoms with E-state index in [2.05, 4.69) is 51.1 Å². The van der Waals surface area contributed by atoms with E-state index in [1.807, 2.05) is 24.5 Å². The maximum Gasteiger partial charge on any atom is 0.0723 e. The van der Waals surface area contributed by atoms with Crippen molar-refractivity contribution in [3.05, 3.63) is 60.2 Å². The van der Waals surface area contributed by atoms with Gasteiger partial charge in [-0.1, -0.05) is 12.1 Å². The van der Waals surface area contributed by atoms with Crippen LogP contribution in [0.15, 0.2) is 48.8 Å². The monoisotopic (exact) mass is 352 g/mol. The van der Waals surface area contributed by atoms with Crippen LogP contribution in [0.2, 0.25) is 0 Å². The van der Waals surface area contributed by atoms with Crippen LogP contribution in [0.5, 0.6) is 0 Å². The molecule has 0 N–H and O–H groups in total. The fourth-order valence-corrected chi connectivity index (χ4v) is 4.17. The minimum Gasteiger partial charge on any atom is -0.373 e. The first kappa shape index (κ1) is 17.6. The Morgan fingerprint density at radius 3 is 2.42 bits per heavy atom. The molecule has 0 bridgehead atoms. The Bertz CT molecular complexity index is 686. The number of pyridine rings is 2. The maximum absolute atomic E-state index is 6.35. The SMILES string of the molecule is CN(Cc1ccccn1)[C@H]1COC2(CCN(Cc3ccccn3)CC2)C1. The number of rotatable bonds is 5. The van der Waals surface area contributed by atoms with Gasteiger partial charge >= 0.3 is 0 Å². The quantitative estimate of drug-likeness (QED) is 0.828. The summed E-state index contributed by atoms with van der Waals surface area (Å²) in [5.74, 6) is 0. The third-order valence-electron chi connectivity index (χ3n) is 5.83. The van der Waals surface area contributed by atoms with Crippen LogP contribution < -0.4 is 0 Å². The van der Waals surface area contributed by atoms with Crippen LogP contribution in [0.1, 0.15) is 30.7 Å². The van der Waals surface area contributed by atoms with Gasteiger partial charge in [0.25, 0.3) is 0 Å². The molecule has 2 aliphatic rings. The summed E-state index contributed by atoms with van der Waals surface area (Å²) in [6, 6.07) is 12.8. The fraction of sp³-hybridized carbons (Fsp3) is 0.524. The highest BCUT2D eigenvalue weighted by Gasteiger charge is 2.43. The first-order valence-electron chi connectivity index (χ1n) is 9.59. The van der Waals surface area contributed by atoms with Crippen molar-refractivity contribution in [3.8, 4) is 0 Å². The van der Waals surface area contributed by atoms with Gasteiger partial charge in [0.15, 0.2) is 0 Å². The lowest BCUT2D eigenvalue weighted by atomic mass is 9.87. The Hall–Kier alpha value is -1.82. The van der Waals surface area contributed by atoms with E-state index in [1.54, 1.807) is 0 Å². The molecule has 4 heterocycles. The van der Waals surface area contributed by atoms with E-state index in [4.69, 9.17) is 4.74 Å². The minimum absolute atomic E-state index is 0.0731. The number of ether oxygens (including phenoxy) is 1. The van der Waals surface area contributed by atoms with E-state index in [1.165, 1.54) is 0 Å². The molecule has 138 valence electrons. The summed E-state index contributed by atoms with van der Waals surface area (Å²) in [4.78, 5) is 13.8. The average Bonchev–Trinajstić information content (AvgIpc) is 3.10. The molecule has 2 aromatic heterocycles. The van der Waals surface area contributed by atoms with Gasteiger partial charge in [0.1, 0.15) is 0 Å². The molecule has 2 fully saturated rings. The van der Waals surface area contributed by atoms with E-state index in [-0.39, 0.29) is 5.60 Å².